The molecule has 2 nitrogen and oxygen atoms in total. The number of carbonyl (C=O) groups is 1. The molecule has 0 bridgehead atoms. The molecule has 0 rings (SSSR count). The quantitative estimate of drug-likeness (QED) is 0.224. The van der Waals surface area contributed by atoms with E-state index in [1.165, 1.54) is 70.6 Å². The van der Waals surface area contributed by atoms with E-state index in [1.807, 2.05) is 0 Å². The molecule has 1 N–H and O–H groups in total. The minimum atomic E-state index is -0.664. The Balaban J connectivity index is 3.07. The lowest BCUT2D eigenvalue weighted by atomic mass is 10.1. The molecule has 0 spiro atoms. The third-order valence-electron chi connectivity index (χ3n) is 3.65. The van der Waals surface area contributed by atoms with Gasteiger partial charge in [0.25, 0.3) is 0 Å². The molecule has 2 heteroatoms. The summed E-state index contributed by atoms with van der Waals surface area (Å²) in [5, 5.41) is 8.51. The summed E-state index contributed by atoms with van der Waals surface area (Å²) in [6, 6.07) is 0. The van der Waals surface area contributed by atoms with Gasteiger partial charge in [-0.15, -0.1) is 0 Å². The van der Waals surface area contributed by atoms with Crippen molar-refractivity contribution in [3.05, 3.63) is 12.2 Å². The van der Waals surface area contributed by atoms with Crippen LogP contribution in [0.4, 0.5) is 0 Å². The van der Waals surface area contributed by atoms with E-state index < -0.39 is 5.97 Å². The molecule has 0 saturated heterocycles. The van der Waals surface area contributed by atoms with Crippen LogP contribution in [0, 0.1) is 0 Å². The van der Waals surface area contributed by atoms with Gasteiger partial charge in [0.15, 0.2) is 0 Å². The topological polar surface area (TPSA) is 37.3 Å². The second kappa shape index (κ2) is 16.3. The number of hydrogen-bond acceptors (Lipinski definition) is 1. The third-order valence-corrected chi connectivity index (χ3v) is 3.65. The number of carboxylic acid groups (broad SMARTS) is 1. The molecule has 20 heavy (non-hydrogen) atoms. The first kappa shape index (κ1) is 19.2. The van der Waals surface area contributed by atoms with E-state index in [0.717, 1.165) is 12.8 Å². The second-order valence-electron chi connectivity index (χ2n) is 5.73. The Kier molecular flexibility index (Phi) is 15.6. The molecule has 0 aliphatic heterocycles. The van der Waals surface area contributed by atoms with Crippen molar-refractivity contribution in [3.63, 3.8) is 0 Å². The van der Waals surface area contributed by atoms with E-state index >= 15 is 0 Å². The standard InChI is InChI=1S/C18H34O2/c1-2-3-4-5-6-7-8-9-10-11-12-13-14-15-16-17-18(19)20/h9-10H,2-8,11-17H2,1H3,(H,19,20)/i18+1. The fraction of sp³-hybridized carbons (Fsp3) is 0.833. The van der Waals surface area contributed by atoms with Crippen LogP contribution in [0.1, 0.15) is 96.8 Å². The molecule has 0 aromatic rings. The van der Waals surface area contributed by atoms with Crippen molar-refractivity contribution in [2.75, 3.05) is 0 Å². The average Bonchev–Trinajstić information content (AvgIpc) is 2.43. The zero-order chi connectivity index (χ0) is 14.9. The Bertz CT molecular complexity index is 234. The van der Waals surface area contributed by atoms with Gasteiger partial charge in [0.05, 0.1) is 0 Å². The van der Waals surface area contributed by atoms with Crippen molar-refractivity contribution in [2.24, 2.45) is 0 Å². The van der Waals surface area contributed by atoms with Gasteiger partial charge in [0.2, 0.25) is 0 Å². The highest BCUT2D eigenvalue weighted by Crippen LogP contribution is 2.09. The van der Waals surface area contributed by atoms with E-state index in [1.54, 1.807) is 0 Å². The molecule has 0 fully saturated rings. The Hall–Kier alpha value is -0.790. The molecule has 0 radical (unpaired) electrons. The van der Waals surface area contributed by atoms with Crippen molar-refractivity contribution in [1.29, 1.82) is 0 Å². The number of rotatable bonds is 15. The fourth-order valence-electron chi connectivity index (χ4n) is 2.35. The van der Waals surface area contributed by atoms with Crippen LogP contribution in [0.5, 0.6) is 0 Å². The molecular formula is C18H34O2. The maximum Gasteiger partial charge on any atom is 0.303 e. The molecule has 0 aromatic carbocycles. The summed E-state index contributed by atoms with van der Waals surface area (Å²) < 4.78 is 0. The summed E-state index contributed by atoms with van der Waals surface area (Å²) in [6.45, 7) is 2.26. The molecular weight excluding hydrogens is 249 g/mol. The summed E-state index contributed by atoms with van der Waals surface area (Å²) in [6.07, 6.45) is 21.2. The predicted octanol–water partition coefficient (Wildman–Crippen LogP) is 6.11. The third kappa shape index (κ3) is 17.2. The minimum absolute atomic E-state index is 0.332. The van der Waals surface area contributed by atoms with Crippen LogP contribution in [-0.4, -0.2) is 11.1 Å². The Morgan fingerprint density at radius 3 is 1.70 bits per heavy atom. The zero-order valence-electron chi connectivity index (χ0n) is 13.4. The lowest BCUT2D eigenvalue weighted by Gasteiger charge is -1.99. The fourth-order valence-corrected chi connectivity index (χ4v) is 2.35. The smallest absolute Gasteiger partial charge is 0.303 e. The van der Waals surface area contributed by atoms with Crippen molar-refractivity contribution < 1.29 is 9.90 Å². The van der Waals surface area contributed by atoms with E-state index in [9.17, 15) is 4.79 Å². The van der Waals surface area contributed by atoms with Crippen molar-refractivity contribution in [2.45, 2.75) is 96.8 Å². The van der Waals surface area contributed by atoms with Gasteiger partial charge >= 0.3 is 5.97 Å². The largest absolute Gasteiger partial charge is 0.481 e. The molecule has 0 heterocycles. The predicted molar refractivity (Wildman–Crippen MR) is 87.1 cm³/mol. The van der Waals surface area contributed by atoms with Gasteiger partial charge in [-0.1, -0.05) is 70.4 Å². The highest BCUT2D eigenvalue weighted by molar-refractivity contribution is 5.66. The lowest BCUT2D eigenvalue weighted by Crippen LogP contribution is -1.93. The van der Waals surface area contributed by atoms with Crippen molar-refractivity contribution >= 4 is 5.97 Å². The van der Waals surface area contributed by atoms with Crippen LogP contribution in [-0.2, 0) is 4.79 Å². The molecule has 0 amide bonds. The maximum absolute atomic E-state index is 10.3. The molecule has 0 saturated carbocycles. The van der Waals surface area contributed by atoms with Crippen LogP contribution in [0.3, 0.4) is 0 Å². The molecule has 0 unspecified atom stereocenters. The Morgan fingerprint density at radius 2 is 1.20 bits per heavy atom. The van der Waals surface area contributed by atoms with E-state index in [2.05, 4.69) is 19.1 Å². The first-order valence-electron chi connectivity index (χ1n) is 8.64. The van der Waals surface area contributed by atoms with Crippen LogP contribution >= 0.6 is 0 Å². The van der Waals surface area contributed by atoms with E-state index in [4.69, 9.17) is 5.11 Å². The number of aliphatic carboxylic acids is 1. The van der Waals surface area contributed by atoms with Gasteiger partial charge in [-0.2, -0.15) is 0 Å². The molecule has 0 aliphatic rings. The summed E-state index contributed by atoms with van der Waals surface area (Å²) in [4.78, 5) is 10.3. The van der Waals surface area contributed by atoms with Gasteiger partial charge in [0, 0.05) is 6.42 Å². The van der Waals surface area contributed by atoms with Crippen LogP contribution in [0.15, 0.2) is 12.2 Å². The van der Waals surface area contributed by atoms with Crippen molar-refractivity contribution in [3.8, 4) is 0 Å². The number of carboxylic acids is 1. The molecule has 118 valence electrons. The number of allylic oxidation sites excluding steroid dienone is 2. The Labute approximate surface area is 125 Å². The normalized spacial score (nSPS) is 11.2. The first-order valence-corrected chi connectivity index (χ1v) is 8.64. The maximum atomic E-state index is 10.3. The monoisotopic (exact) mass is 283 g/mol. The summed E-state index contributed by atoms with van der Waals surface area (Å²) in [5.41, 5.74) is 0. The van der Waals surface area contributed by atoms with Gasteiger partial charge in [-0.25, -0.2) is 0 Å². The summed E-state index contributed by atoms with van der Waals surface area (Å²) in [7, 11) is 0. The second-order valence-corrected chi connectivity index (χ2v) is 5.73. The lowest BCUT2D eigenvalue weighted by molar-refractivity contribution is -0.137. The average molecular weight is 283 g/mol. The van der Waals surface area contributed by atoms with Gasteiger partial charge in [-0.05, 0) is 32.1 Å². The zero-order valence-corrected chi connectivity index (χ0v) is 13.4. The first-order chi connectivity index (χ1) is 9.77. The van der Waals surface area contributed by atoms with Gasteiger partial charge < -0.3 is 5.11 Å². The summed E-state index contributed by atoms with van der Waals surface area (Å²) in [5.74, 6) is -0.664. The molecule has 0 aliphatic carbocycles. The highest BCUT2D eigenvalue weighted by Gasteiger charge is 1.95. The minimum Gasteiger partial charge on any atom is -0.481 e. The summed E-state index contributed by atoms with van der Waals surface area (Å²) >= 11 is 0. The van der Waals surface area contributed by atoms with Crippen molar-refractivity contribution in [1.82, 2.24) is 0 Å². The van der Waals surface area contributed by atoms with Gasteiger partial charge in [0.1, 0.15) is 0 Å². The SMILES string of the molecule is CCCCCCCCC=CCCCCCCC[13C](=O)O. The van der Waals surface area contributed by atoms with E-state index in [-0.39, 0.29) is 0 Å². The highest BCUT2D eigenvalue weighted by atomic mass is 16.5. The molecule has 0 aromatic heterocycles. The molecule has 0 atom stereocenters. The van der Waals surface area contributed by atoms with Crippen LogP contribution < -0.4 is 0 Å². The van der Waals surface area contributed by atoms with E-state index in [0.29, 0.717) is 6.42 Å². The number of hydrogen-bond donors (Lipinski definition) is 1. The number of unbranched alkanes of at least 4 members (excludes halogenated alkanes) is 11. The Morgan fingerprint density at radius 1 is 0.750 bits per heavy atom. The van der Waals surface area contributed by atoms with Crippen LogP contribution in [0.25, 0.3) is 0 Å². The van der Waals surface area contributed by atoms with Crippen LogP contribution in [0.2, 0.25) is 0 Å². The van der Waals surface area contributed by atoms with Gasteiger partial charge in [-0.3, -0.25) is 4.79 Å².